The molecular weight excluding hydrogens is 368 g/mol. The Hall–Kier alpha value is -3.54. The summed E-state index contributed by atoms with van der Waals surface area (Å²) in [5, 5.41) is 2.85. The second-order valence-electron chi connectivity index (χ2n) is 7.28. The van der Waals surface area contributed by atoms with Crippen molar-refractivity contribution < 1.29 is 19.0 Å². The van der Waals surface area contributed by atoms with Crippen molar-refractivity contribution >= 4 is 11.6 Å². The molecule has 0 saturated heterocycles. The number of rotatable bonds is 5. The molecule has 3 aromatic rings. The quantitative estimate of drug-likeness (QED) is 0.665. The van der Waals surface area contributed by atoms with E-state index >= 15 is 0 Å². The molecule has 2 heterocycles. The summed E-state index contributed by atoms with van der Waals surface area (Å²) < 4.78 is 17.2. The van der Waals surface area contributed by atoms with Crippen molar-refractivity contribution in [2.24, 2.45) is 0 Å². The van der Waals surface area contributed by atoms with Crippen LogP contribution in [0, 0.1) is 0 Å². The maximum absolute atomic E-state index is 12.5. The minimum absolute atomic E-state index is 0.138. The van der Waals surface area contributed by atoms with Crippen LogP contribution in [-0.2, 0) is 0 Å². The maximum Gasteiger partial charge on any atom is 0.257 e. The molecule has 0 bridgehead atoms. The molecule has 0 spiro atoms. The maximum atomic E-state index is 12.5. The van der Waals surface area contributed by atoms with Crippen molar-refractivity contribution in [3.63, 3.8) is 0 Å². The summed E-state index contributed by atoms with van der Waals surface area (Å²) in [5.74, 6) is 0.747. The van der Waals surface area contributed by atoms with E-state index < -0.39 is 5.79 Å². The normalized spacial score (nSPS) is 14.9. The van der Waals surface area contributed by atoms with Crippen LogP contribution < -0.4 is 19.5 Å². The van der Waals surface area contributed by atoms with Gasteiger partial charge in [0.1, 0.15) is 6.10 Å². The van der Waals surface area contributed by atoms with Gasteiger partial charge in [-0.25, -0.2) is 4.98 Å². The number of carbonyl (C=O) groups is 1. The van der Waals surface area contributed by atoms with Crippen LogP contribution in [0.15, 0.2) is 66.9 Å². The third-order valence-corrected chi connectivity index (χ3v) is 4.48. The van der Waals surface area contributed by atoms with Crippen LogP contribution in [0.1, 0.15) is 42.8 Å². The lowest BCUT2D eigenvalue weighted by atomic mass is 10.1. The molecule has 0 radical (unpaired) electrons. The van der Waals surface area contributed by atoms with Crippen LogP contribution in [0.25, 0.3) is 0 Å². The average Bonchev–Trinajstić information content (AvgIpc) is 3.02. The summed E-state index contributed by atoms with van der Waals surface area (Å²) in [4.78, 5) is 16.8. The molecule has 0 fully saturated rings. The SMILES string of the molecule is CC(Oc1ccc(C(=O)Nc2ccc3c(c2)OC(C)(C)O3)cn1)c1ccccc1. The Kier molecular flexibility index (Phi) is 4.84. The molecule has 29 heavy (non-hydrogen) atoms. The highest BCUT2D eigenvalue weighted by Crippen LogP contribution is 2.40. The molecule has 6 nitrogen and oxygen atoms in total. The van der Waals surface area contributed by atoms with Gasteiger partial charge >= 0.3 is 0 Å². The van der Waals surface area contributed by atoms with Crippen LogP contribution in [-0.4, -0.2) is 16.7 Å². The van der Waals surface area contributed by atoms with Crippen molar-refractivity contribution in [3.8, 4) is 17.4 Å². The summed E-state index contributed by atoms with van der Waals surface area (Å²) in [6.07, 6.45) is 1.36. The first kappa shape index (κ1) is 18.8. The molecule has 0 saturated carbocycles. The lowest BCUT2D eigenvalue weighted by Gasteiger charge is -2.16. The molecule has 1 unspecified atom stereocenters. The summed E-state index contributed by atoms with van der Waals surface area (Å²) in [5.41, 5.74) is 2.11. The zero-order chi connectivity index (χ0) is 20.4. The number of anilines is 1. The first-order valence-electron chi connectivity index (χ1n) is 9.41. The molecule has 1 amide bonds. The fourth-order valence-corrected chi connectivity index (χ4v) is 3.06. The Labute approximate surface area is 169 Å². The van der Waals surface area contributed by atoms with Crippen molar-refractivity contribution in [3.05, 3.63) is 78.0 Å². The molecule has 4 rings (SSSR count). The first-order chi connectivity index (χ1) is 13.9. The lowest BCUT2D eigenvalue weighted by Crippen LogP contribution is -2.29. The Morgan fingerprint density at radius 1 is 1.03 bits per heavy atom. The Morgan fingerprint density at radius 2 is 1.79 bits per heavy atom. The van der Waals surface area contributed by atoms with Crippen LogP contribution in [0.3, 0.4) is 0 Å². The van der Waals surface area contributed by atoms with E-state index in [1.54, 1.807) is 30.3 Å². The van der Waals surface area contributed by atoms with Crippen LogP contribution in [0.5, 0.6) is 17.4 Å². The summed E-state index contributed by atoms with van der Waals surface area (Å²) in [6, 6.07) is 18.6. The van der Waals surface area contributed by atoms with Crippen molar-refractivity contribution in [2.45, 2.75) is 32.7 Å². The largest absolute Gasteiger partial charge is 0.470 e. The number of hydrogen-bond donors (Lipinski definition) is 1. The smallest absolute Gasteiger partial charge is 0.257 e. The summed E-state index contributed by atoms with van der Waals surface area (Å²) in [6.45, 7) is 5.62. The number of pyridine rings is 1. The predicted octanol–water partition coefficient (Wildman–Crippen LogP) is 4.98. The second-order valence-corrected chi connectivity index (χ2v) is 7.28. The minimum Gasteiger partial charge on any atom is -0.470 e. The van der Waals surface area contributed by atoms with E-state index in [9.17, 15) is 4.79 Å². The molecule has 1 aliphatic rings. The van der Waals surface area contributed by atoms with Crippen molar-refractivity contribution in [1.29, 1.82) is 0 Å². The minimum atomic E-state index is -0.707. The molecule has 148 valence electrons. The van der Waals surface area contributed by atoms with E-state index in [1.165, 1.54) is 6.20 Å². The fraction of sp³-hybridized carbons (Fsp3) is 0.217. The second kappa shape index (κ2) is 7.47. The van der Waals surface area contributed by atoms with Gasteiger partial charge in [0, 0.05) is 37.9 Å². The highest BCUT2D eigenvalue weighted by molar-refractivity contribution is 6.04. The van der Waals surface area contributed by atoms with Crippen LogP contribution in [0.4, 0.5) is 5.69 Å². The molecule has 1 atom stereocenters. The van der Waals surface area contributed by atoms with Gasteiger partial charge in [0.15, 0.2) is 11.5 Å². The molecule has 1 N–H and O–H groups in total. The van der Waals surface area contributed by atoms with Crippen LogP contribution >= 0.6 is 0 Å². The van der Waals surface area contributed by atoms with E-state index in [4.69, 9.17) is 14.2 Å². The molecule has 6 heteroatoms. The Bertz CT molecular complexity index is 1020. The van der Waals surface area contributed by atoms with E-state index in [2.05, 4.69) is 10.3 Å². The third-order valence-electron chi connectivity index (χ3n) is 4.48. The fourth-order valence-electron chi connectivity index (χ4n) is 3.06. The van der Waals surface area contributed by atoms with Crippen molar-refractivity contribution in [2.75, 3.05) is 5.32 Å². The van der Waals surface area contributed by atoms with Gasteiger partial charge in [0.25, 0.3) is 5.91 Å². The molecule has 1 aliphatic heterocycles. The van der Waals surface area contributed by atoms with Gasteiger partial charge in [-0.1, -0.05) is 30.3 Å². The standard InChI is InChI=1S/C23H22N2O4/c1-15(16-7-5-4-6-8-16)27-21-12-9-17(14-24-21)22(26)25-18-10-11-19-20(13-18)29-23(2,3)28-19/h4-15H,1-3H3,(H,25,26). The third kappa shape index (κ3) is 4.32. The number of nitrogens with zero attached hydrogens (tertiary/aromatic N) is 1. The molecular formula is C23H22N2O4. The van der Waals surface area contributed by atoms with Gasteiger partial charge in [-0.05, 0) is 30.7 Å². The topological polar surface area (TPSA) is 69.7 Å². The number of nitrogens with one attached hydrogen (secondary N) is 1. The summed E-state index contributed by atoms with van der Waals surface area (Å²) in [7, 11) is 0. The van der Waals surface area contributed by atoms with Gasteiger partial charge < -0.3 is 19.5 Å². The number of benzene rings is 2. The van der Waals surface area contributed by atoms with Crippen LogP contribution in [0.2, 0.25) is 0 Å². The molecule has 1 aromatic heterocycles. The Balaban J connectivity index is 1.40. The average molecular weight is 390 g/mol. The summed E-state index contributed by atoms with van der Waals surface area (Å²) >= 11 is 0. The Morgan fingerprint density at radius 3 is 2.52 bits per heavy atom. The number of fused-ring (bicyclic) bond motifs is 1. The zero-order valence-corrected chi connectivity index (χ0v) is 16.5. The van der Waals surface area contributed by atoms with Gasteiger partial charge in [0.2, 0.25) is 11.7 Å². The van der Waals surface area contributed by atoms with E-state index in [1.807, 2.05) is 51.1 Å². The highest BCUT2D eigenvalue weighted by atomic mass is 16.7. The van der Waals surface area contributed by atoms with Gasteiger partial charge in [0.05, 0.1) is 5.56 Å². The molecule has 2 aromatic carbocycles. The van der Waals surface area contributed by atoms with Gasteiger partial charge in [-0.15, -0.1) is 0 Å². The van der Waals surface area contributed by atoms with Crippen molar-refractivity contribution in [1.82, 2.24) is 4.98 Å². The van der Waals surface area contributed by atoms with E-state index in [0.717, 1.165) is 5.56 Å². The monoisotopic (exact) mass is 390 g/mol. The molecule has 0 aliphatic carbocycles. The van der Waals surface area contributed by atoms with Gasteiger partial charge in [-0.3, -0.25) is 4.79 Å². The first-order valence-corrected chi connectivity index (χ1v) is 9.41. The van der Waals surface area contributed by atoms with Gasteiger partial charge in [-0.2, -0.15) is 0 Å². The number of carbonyl (C=O) groups excluding carboxylic acids is 1. The lowest BCUT2D eigenvalue weighted by molar-refractivity contribution is -0.0431. The number of aromatic nitrogens is 1. The number of amides is 1. The van der Waals surface area contributed by atoms with E-state index in [0.29, 0.717) is 28.6 Å². The number of hydrogen-bond acceptors (Lipinski definition) is 5. The zero-order valence-electron chi connectivity index (χ0n) is 16.5. The van der Waals surface area contributed by atoms with E-state index in [-0.39, 0.29) is 12.0 Å². The number of ether oxygens (including phenoxy) is 3. The predicted molar refractivity (Wildman–Crippen MR) is 109 cm³/mol. The highest BCUT2D eigenvalue weighted by Gasteiger charge is 2.31.